The average Bonchev–Trinajstić information content (AvgIpc) is 2.68. The molecule has 0 spiro atoms. The normalized spacial score (nSPS) is 11.0. The van der Waals surface area contributed by atoms with Crippen molar-refractivity contribution in [1.82, 2.24) is 4.98 Å². The fourth-order valence-electron chi connectivity index (χ4n) is 3.47. The molecule has 3 aromatic carbocycles. The third-order valence-electron chi connectivity index (χ3n) is 4.97. The van der Waals surface area contributed by atoms with Crippen molar-refractivity contribution in [3.05, 3.63) is 89.2 Å². The van der Waals surface area contributed by atoms with Crippen LogP contribution in [-0.4, -0.2) is 16.1 Å². The quantitative estimate of drug-likeness (QED) is 0.479. The Balaban J connectivity index is 1.87. The highest BCUT2D eigenvalue weighted by Gasteiger charge is 2.19. The SMILES string of the molecule is Cc1ccc(-c2ccc(-c3nc4c(F)cccc4c(C(=O)O)c3C)cc2)cc1. The number of para-hydroxylation sites is 1. The Morgan fingerprint density at radius 2 is 1.43 bits per heavy atom. The Bertz CT molecular complexity index is 1200. The Morgan fingerprint density at radius 1 is 0.857 bits per heavy atom. The third-order valence-corrected chi connectivity index (χ3v) is 4.97. The van der Waals surface area contributed by atoms with Crippen LogP contribution in [0, 0.1) is 19.7 Å². The standard InChI is InChI=1S/C24H18FNO2/c1-14-6-8-16(9-7-14)17-10-12-18(13-11-17)22-15(2)21(24(27)28)19-4-3-5-20(25)23(19)26-22/h3-13H,1-2H3,(H,27,28). The number of fused-ring (bicyclic) bond motifs is 1. The molecule has 0 amide bonds. The number of hydrogen-bond acceptors (Lipinski definition) is 2. The molecule has 0 aliphatic rings. The third kappa shape index (κ3) is 3.03. The molecule has 0 saturated carbocycles. The molecule has 0 unspecified atom stereocenters. The molecule has 0 bridgehead atoms. The van der Waals surface area contributed by atoms with Gasteiger partial charge < -0.3 is 5.11 Å². The number of pyridine rings is 1. The lowest BCUT2D eigenvalue weighted by atomic mass is 9.96. The van der Waals surface area contributed by atoms with Crippen molar-refractivity contribution >= 4 is 16.9 Å². The van der Waals surface area contributed by atoms with E-state index in [4.69, 9.17) is 0 Å². The maximum Gasteiger partial charge on any atom is 0.336 e. The fraction of sp³-hybridized carbons (Fsp3) is 0.0833. The van der Waals surface area contributed by atoms with Crippen LogP contribution < -0.4 is 0 Å². The van der Waals surface area contributed by atoms with E-state index >= 15 is 0 Å². The molecular formula is C24H18FNO2. The van der Waals surface area contributed by atoms with Crippen LogP contribution in [0.1, 0.15) is 21.5 Å². The molecular weight excluding hydrogens is 353 g/mol. The van der Waals surface area contributed by atoms with E-state index in [0.717, 1.165) is 16.7 Å². The zero-order valence-corrected chi connectivity index (χ0v) is 15.5. The first-order valence-electron chi connectivity index (χ1n) is 8.95. The van der Waals surface area contributed by atoms with Crippen molar-refractivity contribution in [2.45, 2.75) is 13.8 Å². The highest BCUT2D eigenvalue weighted by Crippen LogP contribution is 2.32. The van der Waals surface area contributed by atoms with E-state index in [0.29, 0.717) is 16.6 Å². The van der Waals surface area contributed by atoms with Crippen molar-refractivity contribution < 1.29 is 14.3 Å². The van der Waals surface area contributed by atoms with Gasteiger partial charge in [-0.25, -0.2) is 14.2 Å². The predicted octanol–water partition coefficient (Wildman–Crippen LogP) is 6.02. The molecule has 1 heterocycles. The van der Waals surface area contributed by atoms with Crippen LogP contribution in [0.2, 0.25) is 0 Å². The number of carboxylic acids is 1. The van der Waals surface area contributed by atoms with E-state index in [1.54, 1.807) is 13.0 Å². The molecule has 0 fully saturated rings. The Labute approximate surface area is 162 Å². The number of halogens is 1. The van der Waals surface area contributed by atoms with Crippen LogP contribution in [0.25, 0.3) is 33.3 Å². The van der Waals surface area contributed by atoms with Gasteiger partial charge in [0, 0.05) is 10.9 Å². The largest absolute Gasteiger partial charge is 0.478 e. The zero-order valence-electron chi connectivity index (χ0n) is 15.5. The summed E-state index contributed by atoms with van der Waals surface area (Å²) >= 11 is 0. The molecule has 0 atom stereocenters. The highest BCUT2D eigenvalue weighted by atomic mass is 19.1. The van der Waals surface area contributed by atoms with Crippen molar-refractivity contribution in [3.8, 4) is 22.4 Å². The lowest BCUT2D eigenvalue weighted by Gasteiger charge is -2.13. The van der Waals surface area contributed by atoms with E-state index in [1.807, 2.05) is 31.2 Å². The summed E-state index contributed by atoms with van der Waals surface area (Å²) in [6.45, 7) is 3.75. The number of aromatic carboxylic acids is 1. The number of hydrogen-bond donors (Lipinski definition) is 1. The number of nitrogens with zero attached hydrogens (tertiary/aromatic N) is 1. The number of carboxylic acid groups (broad SMARTS) is 1. The van der Waals surface area contributed by atoms with Crippen LogP contribution in [0.3, 0.4) is 0 Å². The minimum Gasteiger partial charge on any atom is -0.478 e. The first kappa shape index (κ1) is 17.9. The van der Waals surface area contributed by atoms with Crippen LogP contribution in [0.15, 0.2) is 66.7 Å². The summed E-state index contributed by atoms with van der Waals surface area (Å²) < 4.78 is 14.3. The molecule has 28 heavy (non-hydrogen) atoms. The number of aromatic nitrogens is 1. The molecule has 0 saturated heterocycles. The number of aryl methyl sites for hydroxylation is 1. The van der Waals surface area contributed by atoms with Crippen LogP contribution in [-0.2, 0) is 0 Å². The molecule has 4 rings (SSSR count). The van der Waals surface area contributed by atoms with Gasteiger partial charge >= 0.3 is 5.97 Å². The summed E-state index contributed by atoms with van der Waals surface area (Å²) in [5.74, 6) is -1.62. The van der Waals surface area contributed by atoms with E-state index < -0.39 is 11.8 Å². The monoisotopic (exact) mass is 371 g/mol. The van der Waals surface area contributed by atoms with Gasteiger partial charge in [-0.15, -0.1) is 0 Å². The van der Waals surface area contributed by atoms with Crippen LogP contribution in [0.5, 0.6) is 0 Å². The second kappa shape index (κ2) is 6.89. The van der Waals surface area contributed by atoms with Crippen LogP contribution in [0.4, 0.5) is 4.39 Å². The summed E-state index contributed by atoms with van der Waals surface area (Å²) in [5.41, 5.74) is 5.24. The van der Waals surface area contributed by atoms with Crippen LogP contribution >= 0.6 is 0 Å². The van der Waals surface area contributed by atoms with Gasteiger partial charge in [0.2, 0.25) is 0 Å². The molecule has 0 radical (unpaired) electrons. The molecule has 1 N–H and O–H groups in total. The minimum atomic E-state index is -1.09. The molecule has 1 aromatic heterocycles. The van der Waals surface area contributed by atoms with E-state index in [1.165, 1.54) is 17.7 Å². The minimum absolute atomic E-state index is 0.0723. The second-order valence-electron chi connectivity index (χ2n) is 6.84. The molecule has 4 aromatic rings. The molecule has 0 aliphatic heterocycles. The van der Waals surface area contributed by atoms with Gasteiger partial charge in [-0.1, -0.05) is 66.2 Å². The topological polar surface area (TPSA) is 50.2 Å². The van der Waals surface area contributed by atoms with E-state index in [9.17, 15) is 14.3 Å². The predicted molar refractivity (Wildman–Crippen MR) is 109 cm³/mol. The van der Waals surface area contributed by atoms with Crippen molar-refractivity contribution in [2.24, 2.45) is 0 Å². The maximum atomic E-state index is 14.3. The summed E-state index contributed by atoms with van der Waals surface area (Å²) in [6.07, 6.45) is 0. The first-order chi connectivity index (χ1) is 13.5. The van der Waals surface area contributed by atoms with Gasteiger partial charge in [0.1, 0.15) is 11.3 Å². The number of rotatable bonds is 3. The lowest BCUT2D eigenvalue weighted by molar-refractivity contribution is 0.0698. The van der Waals surface area contributed by atoms with Crippen molar-refractivity contribution in [3.63, 3.8) is 0 Å². The summed E-state index contributed by atoms with van der Waals surface area (Å²) in [6, 6.07) is 20.3. The zero-order chi connectivity index (χ0) is 19.8. The molecule has 4 heteroatoms. The Kier molecular flexibility index (Phi) is 4.40. The van der Waals surface area contributed by atoms with E-state index in [-0.39, 0.29) is 11.1 Å². The number of benzene rings is 3. The van der Waals surface area contributed by atoms with Gasteiger partial charge in [0.15, 0.2) is 0 Å². The molecule has 138 valence electrons. The van der Waals surface area contributed by atoms with E-state index in [2.05, 4.69) is 29.2 Å². The highest BCUT2D eigenvalue weighted by molar-refractivity contribution is 6.05. The Hall–Kier alpha value is -3.53. The van der Waals surface area contributed by atoms with Gasteiger partial charge in [0.25, 0.3) is 0 Å². The van der Waals surface area contributed by atoms with Crippen molar-refractivity contribution in [1.29, 1.82) is 0 Å². The van der Waals surface area contributed by atoms with Gasteiger partial charge in [-0.3, -0.25) is 0 Å². The summed E-state index contributed by atoms with van der Waals surface area (Å²) in [7, 11) is 0. The van der Waals surface area contributed by atoms with Gasteiger partial charge in [-0.05, 0) is 36.6 Å². The van der Waals surface area contributed by atoms with Gasteiger partial charge in [0.05, 0.1) is 11.3 Å². The Morgan fingerprint density at radius 3 is 2.04 bits per heavy atom. The number of carbonyl (C=O) groups is 1. The van der Waals surface area contributed by atoms with Gasteiger partial charge in [-0.2, -0.15) is 0 Å². The maximum absolute atomic E-state index is 14.3. The smallest absolute Gasteiger partial charge is 0.336 e. The second-order valence-corrected chi connectivity index (χ2v) is 6.84. The summed E-state index contributed by atoms with van der Waals surface area (Å²) in [4.78, 5) is 16.3. The van der Waals surface area contributed by atoms with Crippen molar-refractivity contribution in [2.75, 3.05) is 0 Å². The average molecular weight is 371 g/mol. The fourth-order valence-corrected chi connectivity index (χ4v) is 3.47. The summed E-state index contributed by atoms with van der Waals surface area (Å²) in [5, 5.41) is 10.0. The lowest BCUT2D eigenvalue weighted by Crippen LogP contribution is -2.05. The molecule has 3 nitrogen and oxygen atoms in total. The first-order valence-corrected chi connectivity index (χ1v) is 8.95. The molecule has 0 aliphatic carbocycles.